The van der Waals surface area contributed by atoms with E-state index in [-0.39, 0.29) is 23.3 Å². The number of hydrogen-bond acceptors (Lipinski definition) is 5. The number of piperidine rings is 1. The summed E-state index contributed by atoms with van der Waals surface area (Å²) < 4.78 is 5.13. The van der Waals surface area contributed by atoms with Crippen LogP contribution in [0.25, 0.3) is 0 Å². The average molecular weight is 425 g/mol. The highest BCUT2D eigenvalue weighted by Crippen LogP contribution is 2.21. The summed E-state index contributed by atoms with van der Waals surface area (Å²) in [4.78, 5) is 31.3. The van der Waals surface area contributed by atoms with E-state index in [1.165, 1.54) is 6.20 Å². The van der Waals surface area contributed by atoms with Crippen molar-refractivity contribution in [3.63, 3.8) is 0 Å². The second-order valence-corrected chi connectivity index (χ2v) is 9.06. The lowest BCUT2D eigenvalue weighted by molar-refractivity contribution is -0.127. The maximum atomic E-state index is 12.5. The van der Waals surface area contributed by atoms with Gasteiger partial charge in [0.1, 0.15) is 5.75 Å². The zero-order valence-electron chi connectivity index (χ0n) is 18.8. The summed E-state index contributed by atoms with van der Waals surface area (Å²) in [6, 6.07) is 9.52. The van der Waals surface area contributed by atoms with Gasteiger partial charge in [0, 0.05) is 29.9 Å². The van der Waals surface area contributed by atoms with E-state index in [0.29, 0.717) is 11.3 Å². The number of ether oxygens (including phenoxy) is 1. The molecule has 1 aliphatic rings. The maximum Gasteiger partial charge on any atom is 0.257 e. The lowest BCUT2D eigenvalue weighted by Gasteiger charge is -2.33. The van der Waals surface area contributed by atoms with E-state index < -0.39 is 0 Å². The van der Waals surface area contributed by atoms with E-state index in [4.69, 9.17) is 4.74 Å². The van der Waals surface area contributed by atoms with E-state index in [9.17, 15) is 9.59 Å². The molecule has 2 amide bonds. The number of aromatic nitrogens is 1. The Morgan fingerprint density at radius 1 is 1.16 bits per heavy atom. The largest absolute Gasteiger partial charge is 0.495 e. The first-order valence-electron chi connectivity index (χ1n) is 10.7. The van der Waals surface area contributed by atoms with Crippen LogP contribution in [0.3, 0.4) is 0 Å². The predicted molar refractivity (Wildman–Crippen MR) is 121 cm³/mol. The van der Waals surface area contributed by atoms with Crippen molar-refractivity contribution in [2.75, 3.05) is 25.5 Å². The summed E-state index contributed by atoms with van der Waals surface area (Å²) in [5.41, 5.74) is 2.12. The molecule has 0 bridgehead atoms. The number of benzene rings is 1. The van der Waals surface area contributed by atoms with E-state index in [1.54, 1.807) is 19.4 Å². The molecule has 0 radical (unpaired) electrons. The third kappa shape index (κ3) is 6.79. The molecule has 1 aromatic carbocycles. The second-order valence-electron chi connectivity index (χ2n) is 9.06. The van der Waals surface area contributed by atoms with Gasteiger partial charge in [-0.05, 0) is 70.5 Å². The first kappa shape index (κ1) is 22.7. The van der Waals surface area contributed by atoms with Gasteiger partial charge in [0.25, 0.3) is 5.91 Å². The van der Waals surface area contributed by atoms with Gasteiger partial charge >= 0.3 is 0 Å². The van der Waals surface area contributed by atoms with Gasteiger partial charge in [0.05, 0.1) is 18.9 Å². The summed E-state index contributed by atoms with van der Waals surface area (Å²) in [7, 11) is 1.54. The number of methoxy groups -OCH3 is 1. The monoisotopic (exact) mass is 424 g/mol. The molecule has 0 saturated carbocycles. The summed E-state index contributed by atoms with van der Waals surface area (Å²) >= 11 is 0. The normalized spacial score (nSPS) is 15.4. The SMILES string of the molecule is COc1cncc(C(=O)Nc2cccc(CN3CCC(C(=O)NC(C)(C)C)CC3)c2)c1. The fourth-order valence-corrected chi connectivity index (χ4v) is 3.69. The molecule has 2 N–H and O–H groups in total. The van der Waals surface area contributed by atoms with E-state index in [2.05, 4.69) is 26.6 Å². The quantitative estimate of drug-likeness (QED) is 0.742. The molecule has 0 atom stereocenters. The van der Waals surface area contributed by atoms with Crippen LogP contribution in [0, 0.1) is 5.92 Å². The number of pyridine rings is 1. The number of nitrogens with one attached hydrogen (secondary N) is 2. The molecule has 0 unspecified atom stereocenters. The molecule has 7 heteroatoms. The minimum Gasteiger partial charge on any atom is -0.495 e. The van der Waals surface area contributed by atoms with Crippen LogP contribution in [0.15, 0.2) is 42.7 Å². The van der Waals surface area contributed by atoms with Crippen molar-refractivity contribution in [2.24, 2.45) is 5.92 Å². The highest BCUT2D eigenvalue weighted by molar-refractivity contribution is 6.04. The number of amides is 2. The third-order valence-electron chi connectivity index (χ3n) is 5.26. The van der Waals surface area contributed by atoms with Gasteiger partial charge in [0.2, 0.25) is 5.91 Å². The number of likely N-dealkylation sites (tertiary alicyclic amines) is 1. The summed E-state index contributed by atoms with van der Waals surface area (Å²) in [5.74, 6) is 0.552. The summed E-state index contributed by atoms with van der Waals surface area (Å²) in [5, 5.41) is 6.01. The van der Waals surface area contributed by atoms with Gasteiger partial charge < -0.3 is 15.4 Å². The molecule has 1 aliphatic heterocycles. The van der Waals surface area contributed by atoms with Crippen LogP contribution in [0.1, 0.15) is 49.5 Å². The Labute approximate surface area is 184 Å². The molecule has 1 fully saturated rings. The van der Waals surface area contributed by atoms with E-state index in [1.807, 2.05) is 39.0 Å². The molecule has 0 spiro atoms. The molecular weight excluding hydrogens is 392 g/mol. The van der Waals surface area contributed by atoms with Gasteiger partial charge in [0.15, 0.2) is 0 Å². The number of rotatable bonds is 6. The maximum absolute atomic E-state index is 12.5. The minimum atomic E-state index is -0.228. The van der Waals surface area contributed by atoms with Crippen LogP contribution in [0.5, 0.6) is 5.75 Å². The topological polar surface area (TPSA) is 83.6 Å². The van der Waals surface area contributed by atoms with Crippen molar-refractivity contribution in [1.82, 2.24) is 15.2 Å². The fraction of sp³-hybridized carbons (Fsp3) is 0.458. The Morgan fingerprint density at radius 3 is 2.58 bits per heavy atom. The Morgan fingerprint density at radius 2 is 1.90 bits per heavy atom. The summed E-state index contributed by atoms with van der Waals surface area (Å²) in [6.07, 6.45) is 4.80. The van der Waals surface area contributed by atoms with Crippen LogP contribution in [0.2, 0.25) is 0 Å². The fourth-order valence-electron chi connectivity index (χ4n) is 3.69. The molecule has 166 valence electrons. The number of carbonyl (C=O) groups excluding carboxylic acids is 2. The minimum absolute atomic E-state index is 0.0811. The van der Waals surface area contributed by atoms with Crippen LogP contribution in [-0.2, 0) is 11.3 Å². The molecule has 1 aromatic heterocycles. The molecular formula is C24H32N4O3. The van der Waals surface area contributed by atoms with Gasteiger partial charge in [-0.25, -0.2) is 0 Å². The van der Waals surface area contributed by atoms with Crippen LogP contribution >= 0.6 is 0 Å². The Hall–Kier alpha value is -2.93. The Kier molecular flexibility index (Phi) is 7.28. The molecule has 2 aromatic rings. The first-order valence-corrected chi connectivity index (χ1v) is 10.7. The smallest absolute Gasteiger partial charge is 0.257 e. The molecule has 3 rings (SSSR count). The van der Waals surface area contributed by atoms with Gasteiger partial charge in [-0.2, -0.15) is 0 Å². The Bertz CT molecular complexity index is 915. The summed E-state index contributed by atoms with van der Waals surface area (Å²) in [6.45, 7) is 8.59. The van der Waals surface area contributed by atoms with Crippen LogP contribution in [0.4, 0.5) is 5.69 Å². The number of nitrogens with zero attached hydrogens (tertiary/aromatic N) is 2. The van der Waals surface area contributed by atoms with Crippen LogP contribution < -0.4 is 15.4 Å². The van der Waals surface area contributed by atoms with Crippen molar-refractivity contribution < 1.29 is 14.3 Å². The van der Waals surface area contributed by atoms with Crippen molar-refractivity contribution in [1.29, 1.82) is 0 Å². The van der Waals surface area contributed by atoms with Crippen molar-refractivity contribution in [3.05, 3.63) is 53.9 Å². The molecule has 7 nitrogen and oxygen atoms in total. The molecule has 1 saturated heterocycles. The number of anilines is 1. The van der Waals surface area contributed by atoms with Crippen molar-refractivity contribution in [2.45, 2.75) is 45.7 Å². The lowest BCUT2D eigenvalue weighted by atomic mass is 9.94. The Balaban J connectivity index is 1.54. The first-order chi connectivity index (χ1) is 14.7. The van der Waals surface area contributed by atoms with E-state index in [0.717, 1.165) is 43.7 Å². The lowest BCUT2D eigenvalue weighted by Crippen LogP contribution is -2.46. The van der Waals surface area contributed by atoms with Gasteiger partial charge in [-0.15, -0.1) is 0 Å². The molecule has 0 aliphatic carbocycles. The molecule has 2 heterocycles. The standard InChI is InChI=1S/C24H32N4O3/c1-24(2,3)27-23(30)18-8-10-28(11-9-18)16-17-6-5-7-20(12-17)26-22(29)19-13-21(31-4)15-25-14-19/h5-7,12-15,18H,8-11,16H2,1-4H3,(H,26,29)(H,27,30). The highest BCUT2D eigenvalue weighted by atomic mass is 16.5. The third-order valence-corrected chi connectivity index (χ3v) is 5.26. The zero-order chi connectivity index (χ0) is 22.4. The zero-order valence-corrected chi connectivity index (χ0v) is 18.8. The number of hydrogen-bond donors (Lipinski definition) is 2. The van der Waals surface area contributed by atoms with Gasteiger partial charge in [-0.3, -0.25) is 19.5 Å². The van der Waals surface area contributed by atoms with E-state index >= 15 is 0 Å². The highest BCUT2D eigenvalue weighted by Gasteiger charge is 2.27. The predicted octanol–water partition coefficient (Wildman–Crippen LogP) is 3.47. The van der Waals surface area contributed by atoms with Gasteiger partial charge in [-0.1, -0.05) is 12.1 Å². The van der Waals surface area contributed by atoms with Crippen LogP contribution in [-0.4, -0.2) is 47.4 Å². The van der Waals surface area contributed by atoms with Crippen molar-refractivity contribution >= 4 is 17.5 Å². The molecule has 31 heavy (non-hydrogen) atoms. The number of carbonyl (C=O) groups is 2. The average Bonchev–Trinajstić information content (AvgIpc) is 2.73. The van der Waals surface area contributed by atoms with Crippen molar-refractivity contribution in [3.8, 4) is 5.75 Å². The second kappa shape index (κ2) is 9.92.